The third-order valence-electron chi connectivity index (χ3n) is 4.34. The van der Waals surface area contributed by atoms with Crippen molar-refractivity contribution in [2.24, 2.45) is 0 Å². The molecule has 28 heavy (non-hydrogen) atoms. The second kappa shape index (κ2) is 7.28. The Morgan fingerprint density at radius 1 is 0.786 bits per heavy atom. The molecule has 0 radical (unpaired) electrons. The molecule has 0 unspecified atom stereocenters. The molecule has 0 aliphatic carbocycles. The molecular formula is C21H18N4O2S. The van der Waals surface area contributed by atoms with Gasteiger partial charge in [0, 0.05) is 6.42 Å². The summed E-state index contributed by atoms with van der Waals surface area (Å²) in [5.41, 5.74) is 9.03. The molecule has 0 saturated heterocycles. The number of aromatic nitrogens is 3. The summed E-state index contributed by atoms with van der Waals surface area (Å²) in [5.74, 6) is 0.198. The van der Waals surface area contributed by atoms with E-state index >= 15 is 0 Å². The molecule has 1 heterocycles. The number of rotatable bonds is 5. The minimum atomic E-state index is -3.87. The fourth-order valence-corrected chi connectivity index (χ4v) is 4.12. The summed E-state index contributed by atoms with van der Waals surface area (Å²) in [6.07, 6.45) is 0.385. The number of nitrogen functional groups attached to an aromatic ring is 1. The first-order valence-electron chi connectivity index (χ1n) is 8.70. The summed E-state index contributed by atoms with van der Waals surface area (Å²) in [5, 5.41) is 4.13. The molecule has 2 N–H and O–H groups in total. The Morgan fingerprint density at radius 3 is 2.00 bits per heavy atom. The van der Waals surface area contributed by atoms with Gasteiger partial charge in [-0.3, -0.25) is 0 Å². The first-order valence-corrected chi connectivity index (χ1v) is 10.1. The number of benzene rings is 3. The van der Waals surface area contributed by atoms with Crippen molar-refractivity contribution in [2.75, 3.05) is 5.73 Å². The average molecular weight is 390 g/mol. The van der Waals surface area contributed by atoms with Gasteiger partial charge < -0.3 is 5.73 Å². The van der Waals surface area contributed by atoms with Crippen LogP contribution >= 0.6 is 0 Å². The number of nitrogens with two attached hydrogens (primary N) is 1. The highest BCUT2D eigenvalue weighted by molar-refractivity contribution is 7.90. The van der Waals surface area contributed by atoms with Gasteiger partial charge in [0.15, 0.2) is 5.82 Å². The lowest BCUT2D eigenvalue weighted by Crippen LogP contribution is -2.17. The first-order chi connectivity index (χ1) is 13.5. The zero-order chi connectivity index (χ0) is 19.6. The van der Waals surface area contributed by atoms with Crippen LogP contribution in [0.4, 0.5) is 5.95 Å². The Kier molecular flexibility index (Phi) is 4.67. The Morgan fingerprint density at radius 2 is 1.36 bits per heavy atom. The summed E-state index contributed by atoms with van der Waals surface area (Å²) in [6.45, 7) is 0. The van der Waals surface area contributed by atoms with E-state index in [1.807, 2.05) is 54.6 Å². The molecule has 6 nitrogen and oxygen atoms in total. The van der Waals surface area contributed by atoms with Gasteiger partial charge in [0.1, 0.15) is 0 Å². The summed E-state index contributed by atoms with van der Waals surface area (Å²) in [6, 6.07) is 26.1. The van der Waals surface area contributed by atoms with Crippen LogP contribution in [0.5, 0.6) is 0 Å². The molecule has 4 rings (SSSR count). The van der Waals surface area contributed by atoms with Gasteiger partial charge in [-0.05, 0) is 28.8 Å². The van der Waals surface area contributed by atoms with E-state index in [1.165, 1.54) is 12.1 Å². The van der Waals surface area contributed by atoms with Crippen molar-refractivity contribution in [3.63, 3.8) is 0 Å². The number of hydrogen-bond donors (Lipinski definition) is 1. The lowest BCUT2D eigenvalue weighted by molar-refractivity contribution is 0.580. The normalized spacial score (nSPS) is 11.4. The molecule has 4 aromatic rings. The third kappa shape index (κ3) is 3.52. The van der Waals surface area contributed by atoms with E-state index in [0.717, 1.165) is 20.8 Å². The second-order valence-electron chi connectivity index (χ2n) is 6.29. The van der Waals surface area contributed by atoms with Crippen LogP contribution in [-0.4, -0.2) is 22.6 Å². The molecule has 0 fully saturated rings. The number of anilines is 1. The molecule has 0 saturated carbocycles. The summed E-state index contributed by atoms with van der Waals surface area (Å²) >= 11 is 0. The van der Waals surface area contributed by atoms with Gasteiger partial charge in [0.2, 0.25) is 5.95 Å². The summed E-state index contributed by atoms with van der Waals surface area (Å²) in [7, 11) is -3.87. The van der Waals surface area contributed by atoms with Gasteiger partial charge >= 0.3 is 0 Å². The highest BCUT2D eigenvalue weighted by Crippen LogP contribution is 2.21. The van der Waals surface area contributed by atoms with E-state index in [1.54, 1.807) is 18.2 Å². The van der Waals surface area contributed by atoms with Crippen LogP contribution in [0.15, 0.2) is 89.8 Å². The molecule has 0 aliphatic rings. The van der Waals surface area contributed by atoms with E-state index in [-0.39, 0.29) is 10.8 Å². The van der Waals surface area contributed by atoms with Crippen molar-refractivity contribution < 1.29 is 8.42 Å². The zero-order valence-corrected chi connectivity index (χ0v) is 15.8. The number of nitrogens with zero attached hydrogens (tertiary/aromatic N) is 3. The van der Waals surface area contributed by atoms with Crippen LogP contribution in [0.2, 0.25) is 0 Å². The average Bonchev–Trinajstić information content (AvgIpc) is 3.11. The second-order valence-corrected chi connectivity index (χ2v) is 8.05. The SMILES string of the molecule is Nc1nc(Cc2ccc(-c3ccccc3)cc2)nn1S(=O)(=O)c1ccccc1. The van der Waals surface area contributed by atoms with Gasteiger partial charge in [-0.25, -0.2) is 0 Å². The molecule has 0 amide bonds. The van der Waals surface area contributed by atoms with Gasteiger partial charge in [-0.2, -0.15) is 13.4 Å². The van der Waals surface area contributed by atoms with E-state index in [4.69, 9.17) is 5.73 Å². The molecule has 7 heteroatoms. The molecular weight excluding hydrogens is 372 g/mol. The topological polar surface area (TPSA) is 90.9 Å². The minimum absolute atomic E-state index is 0.116. The molecule has 0 spiro atoms. The minimum Gasteiger partial charge on any atom is -0.367 e. The van der Waals surface area contributed by atoms with Crippen LogP contribution in [0.1, 0.15) is 11.4 Å². The van der Waals surface area contributed by atoms with E-state index < -0.39 is 10.0 Å². The smallest absolute Gasteiger partial charge is 0.286 e. The Labute approximate surface area is 163 Å². The highest BCUT2D eigenvalue weighted by atomic mass is 32.2. The van der Waals surface area contributed by atoms with Crippen molar-refractivity contribution in [1.29, 1.82) is 0 Å². The fraction of sp³-hybridized carbons (Fsp3) is 0.0476. The highest BCUT2D eigenvalue weighted by Gasteiger charge is 2.22. The van der Waals surface area contributed by atoms with E-state index in [9.17, 15) is 8.42 Å². The van der Waals surface area contributed by atoms with Crippen molar-refractivity contribution in [3.05, 3.63) is 96.3 Å². The van der Waals surface area contributed by atoms with Crippen LogP contribution in [-0.2, 0) is 16.4 Å². The van der Waals surface area contributed by atoms with Crippen molar-refractivity contribution in [2.45, 2.75) is 11.3 Å². The maximum atomic E-state index is 12.7. The summed E-state index contributed by atoms with van der Waals surface area (Å²) < 4.78 is 26.2. The lowest BCUT2D eigenvalue weighted by atomic mass is 10.0. The van der Waals surface area contributed by atoms with Crippen molar-refractivity contribution in [3.8, 4) is 11.1 Å². The van der Waals surface area contributed by atoms with Gasteiger partial charge in [-0.1, -0.05) is 72.8 Å². The molecule has 140 valence electrons. The van der Waals surface area contributed by atoms with Gasteiger partial charge in [-0.15, -0.1) is 9.19 Å². The first kappa shape index (κ1) is 17.9. The molecule has 1 aromatic heterocycles. The van der Waals surface area contributed by atoms with Crippen LogP contribution in [0, 0.1) is 0 Å². The van der Waals surface area contributed by atoms with Crippen LogP contribution < -0.4 is 5.73 Å². The number of hydrogen-bond acceptors (Lipinski definition) is 5. The summed E-state index contributed by atoms with van der Waals surface area (Å²) in [4.78, 5) is 4.24. The molecule has 3 aromatic carbocycles. The Bertz CT molecular complexity index is 1190. The largest absolute Gasteiger partial charge is 0.367 e. The molecule has 0 atom stereocenters. The molecule has 0 bridgehead atoms. The Hall–Kier alpha value is -3.45. The van der Waals surface area contributed by atoms with Gasteiger partial charge in [0.05, 0.1) is 4.90 Å². The molecule has 0 aliphatic heterocycles. The zero-order valence-electron chi connectivity index (χ0n) is 14.9. The maximum absolute atomic E-state index is 12.7. The predicted molar refractivity (Wildman–Crippen MR) is 108 cm³/mol. The third-order valence-corrected chi connectivity index (χ3v) is 5.93. The maximum Gasteiger partial charge on any atom is 0.286 e. The van der Waals surface area contributed by atoms with E-state index in [0.29, 0.717) is 12.2 Å². The van der Waals surface area contributed by atoms with Crippen LogP contribution in [0.25, 0.3) is 11.1 Å². The van der Waals surface area contributed by atoms with E-state index in [2.05, 4.69) is 10.1 Å². The van der Waals surface area contributed by atoms with Crippen molar-refractivity contribution in [1.82, 2.24) is 14.2 Å². The van der Waals surface area contributed by atoms with Crippen LogP contribution in [0.3, 0.4) is 0 Å². The Balaban J connectivity index is 1.58. The fourth-order valence-electron chi connectivity index (χ4n) is 2.93. The monoisotopic (exact) mass is 390 g/mol. The predicted octanol–water partition coefficient (Wildman–Crippen LogP) is 3.36. The van der Waals surface area contributed by atoms with Gasteiger partial charge in [0.25, 0.3) is 10.0 Å². The quantitative estimate of drug-likeness (QED) is 0.564. The van der Waals surface area contributed by atoms with Crippen molar-refractivity contribution >= 4 is 16.0 Å². The lowest BCUT2D eigenvalue weighted by Gasteiger charge is -2.04. The standard InChI is InChI=1S/C21H18N4O2S/c22-21-23-20(24-25(21)28(26,27)19-9-5-2-6-10-19)15-16-11-13-18(14-12-16)17-7-3-1-4-8-17/h1-14H,15H2,(H2,22,23,24).